The molecule has 2 aromatic rings. The summed E-state index contributed by atoms with van der Waals surface area (Å²) in [5.74, 6) is -1.15. The monoisotopic (exact) mass is 292 g/mol. The number of rotatable bonds is 3. The lowest BCUT2D eigenvalue weighted by Gasteiger charge is -2.31. The molecule has 1 fully saturated rings. The van der Waals surface area contributed by atoms with Crippen LogP contribution in [0.4, 0.5) is 8.78 Å². The van der Waals surface area contributed by atoms with E-state index in [0.29, 0.717) is 18.3 Å². The lowest BCUT2D eigenvalue weighted by molar-refractivity contribution is 0.200. The SMILES string of the molecule is CC1CN(Cc2cn[nH]c2-c2c(F)cccc2F)CCN1. The van der Waals surface area contributed by atoms with Crippen molar-refractivity contribution in [3.05, 3.63) is 41.6 Å². The second-order valence-electron chi connectivity index (χ2n) is 5.46. The maximum Gasteiger partial charge on any atom is 0.135 e. The Morgan fingerprint density at radius 2 is 2.10 bits per heavy atom. The fourth-order valence-corrected chi connectivity index (χ4v) is 2.78. The van der Waals surface area contributed by atoms with Crippen LogP contribution in [-0.2, 0) is 6.54 Å². The van der Waals surface area contributed by atoms with E-state index in [9.17, 15) is 8.78 Å². The average Bonchev–Trinajstić information content (AvgIpc) is 2.87. The molecule has 1 unspecified atom stereocenters. The van der Waals surface area contributed by atoms with Gasteiger partial charge in [-0.25, -0.2) is 8.78 Å². The van der Waals surface area contributed by atoms with Crippen molar-refractivity contribution in [2.45, 2.75) is 19.5 Å². The number of aromatic nitrogens is 2. The van der Waals surface area contributed by atoms with Gasteiger partial charge < -0.3 is 5.32 Å². The van der Waals surface area contributed by atoms with Gasteiger partial charge in [-0.2, -0.15) is 5.10 Å². The van der Waals surface area contributed by atoms with E-state index in [1.165, 1.54) is 18.2 Å². The number of nitrogens with zero attached hydrogens (tertiary/aromatic N) is 2. The molecule has 0 saturated carbocycles. The van der Waals surface area contributed by atoms with Crippen molar-refractivity contribution in [2.75, 3.05) is 19.6 Å². The predicted octanol–water partition coefficient (Wildman–Crippen LogP) is 2.15. The molecule has 2 N–H and O–H groups in total. The van der Waals surface area contributed by atoms with Gasteiger partial charge in [-0.15, -0.1) is 0 Å². The number of hydrogen-bond acceptors (Lipinski definition) is 3. The van der Waals surface area contributed by atoms with Gasteiger partial charge in [-0.1, -0.05) is 6.07 Å². The lowest BCUT2D eigenvalue weighted by Crippen LogP contribution is -2.48. The summed E-state index contributed by atoms with van der Waals surface area (Å²) in [6.07, 6.45) is 1.65. The highest BCUT2D eigenvalue weighted by Crippen LogP contribution is 2.27. The van der Waals surface area contributed by atoms with Crippen molar-refractivity contribution in [3.63, 3.8) is 0 Å². The smallest absolute Gasteiger partial charge is 0.135 e. The number of aromatic amines is 1. The normalized spacial score (nSPS) is 19.9. The van der Waals surface area contributed by atoms with Gasteiger partial charge in [0.05, 0.1) is 17.5 Å². The van der Waals surface area contributed by atoms with Crippen molar-refractivity contribution in [1.82, 2.24) is 20.4 Å². The Labute approximate surface area is 122 Å². The van der Waals surface area contributed by atoms with Crippen LogP contribution in [0.5, 0.6) is 0 Å². The van der Waals surface area contributed by atoms with E-state index in [0.717, 1.165) is 25.2 Å². The van der Waals surface area contributed by atoms with Crippen LogP contribution in [0.2, 0.25) is 0 Å². The molecule has 21 heavy (non-hydrogen) atoms. The summed E-state index contributed by atoms with van der Waals surface area (Å²) >= 11 is 0. The van der Waals surface area contributed by atoms with Crippen molar-refractivity contribution < 1.29 is 8.78 Å². The molecule has 3 rings (SSSR count). The van der Waals surface area contributed by atoms with Crippen LogP contribution in [0, 0.1) is 11.6 Å². The predicted molar refractivity (Wildman–Crippen MR) is 76.7 cm³/mol. The molecule has 1 atom stereocenters. The zero-order valence-corrected chi connectivity index (χ0v) is 11.9. The summed E-state index contributed by atoms with van der Waals surface area (Å²) in [4.78, 5) is 2.26. The molecule has 2 heterocycles. The minimum atomic E-state index is -0.575. The van der Waals surface area contributed by atoms with E-state index in [4.69, 9.17) is 0 Å². The summed E-state index contributed by atoms with van der Waals surface area (Å²) in [6, 6.07) is 4.30. The van der Waals surface area contributed by atoms with Crippen LogP contribution in [0.1, 0.15) is 12.5 Å². The lowest BCUT2D eigenvalue weighted by atomic mass is 10.1. The molecule has 6 heteroatoms. The summed E-state index contributed by atoms with van der Waals surface area (Å²) in [7, 11) is 0. The summed E-state index contributed by atoms with van der Waals surface area (Å²) in [5, 5.41) is 10.1. The molecule has 1 aliphatic rings. The number of nitrogens with one attached hydrogen (secondary N) is 2. The van der Waals surface area contributed by atoms with Gasteiger partial charge in [0.2, 0.25) is 0 Å². The Morgan fingerprint density at radius 1 is 1.33 bits per heavy atom. The van der Waals surface area contributed by atoms with Crippen LogP contribution in [0.3, 0.4) is 0 Å². The maximum atomic E-state index is 13.9. The Hall–Kier alpha value is -1.79. The third-order valence-corrected chi connectivity index (χ3v) is 3.78. The average molecular weight is 292 g/mol. The van der Waals surface area contributed by atoms with Crippen LogP contribution < -0.4 is 5.32 Å². The van der Waals surface area contributed by atoms with Crippen LogP contribution >= 0.6 is 0 Å². The summed E-state index contributed by atoms with van der Waals surface area (Å²) < 4.78 is 27.8. The largest absolute Gasteiger partial charge is 0.312 e. The minimum absolute atomic E-state index is 0.0341. The zero-order valence-electron chi connectivity index (χ0n) is 11.9. The molecule has 0 radical (unpaired) electrons. The molecule has 1 aliphatic heterocycles. The molecule has 0 spiro atoms. The van der Waals surface area contributed by atoms with Crippen LogP contribution in [0.25, 0.3) is 11.3 Å². The number of hydrogen-bond donors (Lipinski definition) is 2. The first kappa shape index (κ1) is 14.2. The summed E-state index contributed by atoms with van der Waals surface area (Å²) in [6.45, 7) is 5.49. The molecule has 0 aliphatic carbocycles. The number of halogens is 2. The molecular weight excluding hydrogens is 274 g/mol. The summed E-state index contributed by atoms with van der Waals surface area (Å²) in [5.41, 5.74) is 1.21. The van der Waals surface area contributed by atoms with E-state index in [2.05, 4.69) is 27.3 Å². The fourth-order valence-electron chi connectivity index (χ4n) is 2.78. The first-order valence-electron chi connectivity index (χ1n) is 7.07. The maximum absolute atomic E-state index is 13.9. The first-order valence-corrected chi connectivity index (χ1v) is 7.07. The Bertz CT molecular complexity index is 606. The Kier molecular flexibility index (Phi) is 3.98. The van der Waals surface area contributed by atoms with Gasteiger partial charge in [0.15, 0.2) is 0 Å². The standard InChI is InChI=1S/C15H18F2N4/c1-10-8-21(6-5-18-10)9-11-7-19-20-15(11)14-12(16)3-2-4-13(14)17/h2-4,7,10,18H,5-6,8-9H2,1H3,(H,19,20). The molecule has 0 amide bonds. The van der Waals surface area contributed by atoms with Gasteiger partial charge in [0.25, 0.3) is 0 Å². The highest BCUT2D eigenvalue weighted by Gasteiger charge is 2.20. The van der Waals surface area contributed by atoms with Gasteiger partial charge in [0.1, 0.15) is 11.6 Å². The van der Waals surface area contributed by atoms with E-state index in [1.54, 1.807) is 6.20 Å². The number of H-pyrrole nitrogens is 1. The molecule has 1 saturated heterocycles. The van der Waals surface area contributed by atoms with Crippen LogP contribution in [0.15, 0.2) is 24.4 Å². The quantitative estimate of drug-likeness (QED) is 0.911. The molecule has 112 valence electrons. The van der Waals surface area contributed by atoms with Gasteiger partial charge in [0, 0.05) is 37.8 Å². The van der Waals surface area contributed by atoms with E-state index in [1.807, 2.05) is 0 Å². The van der Waals surface area contributed by atoms with Gasteiger partial charge in [-0.05, 0) is 19.1 Å². The second-order valence-corrected chi connectivity index (χ2v) is 5.46. The van der Waals surface area contributed by atoms with Crippen molar-refractivity contribution in [2.24, 2.45) is 0 Å². The number of piperazine rings is 1. The molecule has 0 bridgehead atoms. The van der Waals surface area contributed by atoms with E-state index >= 15 is 0 Å². The first-order chi connectivity index (χ1) is 10.1. The van der Waals surface area contributed by atoms with Gasteiger partial charge >= 0.3 is 0 Å². The Morgan fingerprint density at radius 3 is 2.81 bits per heavy atom. The van der Waals surface area contributed by atoms with Crippen LogP contribution in [-0.4, -0.2) is 40.8 Å². The van der Waals surface area contributed by atoms with E-state index in [-0.39, 0.29) is 5.56 Å². The third-order valence-electron chi connectivity index (χ3n) is 3.78. The van der Waals surface area contributed by atoms with Gasteiger partial charge in [-0.3, -0.25) is 10.00 Å². The number of benzene rings is 1. The second kappa shape index (κ2) is 5.91. The highest BCUT2D eigenvalue weighted by atomic mass is 19.1. The van der Waals surface area contributed by atoms with Crippen molar-refractivity contribution in [1.29, 1.82) is 0 Å². The molecular formula is C15H18F2N4. The van der Waals surface area contributed by atoms with E-state index < -0.39 is 11.6 Å². The van der Waals surface area contributed by atoms with Crippen molar-refractivity contribution in [3.8, 4) is 11.3 Å². The third kappa shape index (κ3) is 2.96. The fraction of sp³-hybridized carbons (Fsp3) is 0.400. The Balaban J connectivity index is 1.87. The topological polar surface area (TPSA) is 44.0 Å². The van der Waals surface area contributed by atoms with Crippen molar-refractivity contribution >= 4 is 0 Å². The highest BCUT2D eigenvalue weighted by molar-refractivity contribution is 5.64. The zero-order chi connectivity index (χ0) is 14.8. The molecule has 1 aromatic carbocycles. The molecule has 1 aromatic heterocycles. The molecule has 4 nitrogen and oxygen atoms in total. The minimum Gasteiger partial charge on any atom is -0.312 e.